The molecule has 0 saturated carbocycles. The third-order valence-corrected chi connectivity index (χ3v) is 3.64. The lowest BCUT2D eigenvalue weighted by molar-refractivity contribution is 0.0489. The summed E-state index contributed by atoms with van der Waals surface area (Å²) in [5, 5.41) is 1.47. The minimum Gasteiger partial charge on any atom is -0.464 e. The van der Waals surface area contributed by atoms with Crippen LogP contribution in [0.1, 0.15) is 36.8 Å². The lowest BCUT2D eigenvalue weighted by Gasteiger charge is -2.20. The van der Waals surface area contributed by atoms with Crippen LogP contribution in [0.2, 0.25) is 0 Å². The normalized spacial score (nSPS) is 11.5. The predicted octanol–water partition coefficient (Wildman–Crippen LogP) is 4.11. The zero-order valence-corrected chi connectivity index (χ0v) is 14.6. The molecule has 118 valence electrons. The monoisotopic (exact) mass is 367 g/mol. The molecule has 0 fully saturated rings. The molecule has 0 amide bonds. The van der Waals surface area contributed by atoms with Crippen LogP contribution in [0.3, 0.4) is 0 Å². The molecule has 0 radical (unpaired) electrons. The minimum atomic E-state index is -0.656. The molecule has 0 bridgehead atoms. The summed E-state index contributed by atoms with van der Waals surface area (Å²) in [4.78, 5) is 24.4. The van der Waals surface area contributed by atoms with Crippen molar-refractivity contribution in [2.24, 2.45) is 0 Å². The SMILES string of the molecule is COC(=O)c1cc2cc(CBr)ccc2n1C(=O)OC(C)(C)C. The summed E-state index contributed by atoms with van der Waals surface area (Å²) in [6, 6.07) is 7.23. The Morgan fingerprint density at radius 2 is 1.91 bits per heavy atom. The third kappa shape index (κ3) is 3.32. The van der Waals surface area contributed by atoms with E-state index in [-0.39, 0.29) is 5.69 Å². The van der Waals surface area contributed by atoms with Crippen molar-refractivity contribution in [2.75, 3.05) is 7.11 Å². The number of carbonyl (C=O) groups excluding carboxylic acids is 2. The summed E-state index contributed by atoms with van der Waals surface area (Å²) in [5.74, 6) is -0.581. The van der Waals surface area contributed by atoms with Crippen molar-refractivity contribution < 1.29 is 19.1 Å². The topological polar surface area (TPSA) is 57.5 Å². The summed E-state index contributed by atoms with van der Waals surface area (Å²) < 4.78 is 11.4. The van der Waals surface area contributed by atoms with Crippen molar-refractivity contribution in [3.8, 4) is 0 Å². The molecule has 2 rings (SSSR count). The molecule has 0 aliphatic carbocycles. The molecule has 5 nitrogen and oxygen atoms in total. The van der Waals surface area contributed by atoms with Gasteiger partial charge >= 0.3 is 12.1 Å². The van der Waals surface area contributed by atoms with Crippen LogP contribution in [0.5, 0.6) is 0 Å². The van der Waals surface area contributed by atoms with E-state index in [0.29, 0.717) is 10.8 Å². The first-order valence-electron chi connectivity index (χ1n) is 6.79. The zero-order chi connectivity index (χ0) is 16.5. The van der Waals surface area contributed by atoms with Crippen LogP contribution in [-0.2, 0) is 14.8 Å². The number of rotatable bonds is 2. The van der Waals surface area contributed by atoms with Gasteiger partial charge in [-0.3, -0.25) is 0 Å². The molecule has 0 atom stereocenters. The first-order chi connectivity index (χ1) is 10.3. The molecule has 0 aliphatic rings. The van der Waals surface area contributed by atoms with E-state index in [1.807, 2.05) is 12.1 Å². The molecule has 1 aromatic carbocycles. The summed E-state index contributed by atoms with van der Waals surface area (Å²) in [6.07, 6.45) is -0.602. The Morgan fingerprint density at radius 3 is 2.45 bits per heavy atom. The Labute approximate surface area is 137 Å². The van der Waals surface area contributed by atoms with Crippen molar-refractivity contribution in [1.82, 2.24) is 4.57 Å². The number of benzene rings is 1. The van der Waals surface area contributed by atoms with Gasteiger partial charge in [0.1, 0.15) is 11.3 Å². The quantitative estimate of drug-likeness (QED) is 0.592. The van der Waals surface area contributed by atoms with Gasteiger partial charge in [0, 0.05) is 10.7 Å². The van der Waals surface area contributed by atoms with Crippen LogP contribution in [-0.4, -0.2) is 29.3 Å². The number of halogens is 1. The molecule has 0 spiro atoms. The van der Waals surface area contributed by atoms with Gasteiger partial charge < -0.3 is 9.47 Å². The van der Waals surface area contributed by atoms with Gasteiger partial charge in [-0.1, -0.05) is 22.0 Å². The fourth-order valence-corrected chi connectivity index (χ4v) is 2.46. The Hall–Kier alpha value is -1.82. The lowest BCUT2D eigenvalue weighted by Crippen LogP contribution is -2.29. The molecule has 0 N–H and O–H groups in total. The molecule has 0 saturated heterocycles. The standard InChI is InChI=1S/C16H18BrNO4/c1-16(2,3)22-15(20)18-12-6-5-10(9-17)7-11(12)8-13(18)14(19)21-4/h5-8H,9H2,1-4H3. The minimum absolute atomic E-state index is 0.151. The molecular weight excluding hydrogens is 350 g/mol. The highest BCUT2D eigenvalue weighted by molar-refractivity contribution is 9.08. The van der Waals surface area contributed by atoms with Gasteiger partial charge in [0.15, 0.2) is 0 Å². The van der Waals surface area contributed by atoms with E-state index in [9.17, 15) is 9.59 Å². The number of aromatic nitrogens is 1. The molecule has 2 aromatic rings. The number of fused-ring (bicyclic) bond motifs is 1. The highest BCUT2D eigenvalue weighted by Gasteiger charge is 2.25. The van der Waals surface area contributed by atoms with Crippen LogP contribution < -0.4 is 0 Å². The fraction of sp³-hybridized carbons (Fsp3) is 0.375. The Morgan fingerprint density at radius 1 is 1.23 bits per heavy atom. The van der Waals surface area contributed by atoms with Gasteiger partial charge in [0.2, 0.25) is 0 Å². The smallest absolute Gasteiger partial charge is 0.419 e. The first-order valence-corrected chi connectivity index (χ1v) is 7.91. The summed E-state index contributed by atoms with van der Waals surface area (Å²) >= 11 is 3.39. The second kappa shape index (κ2) is 6.12. The lowest BCUT2D eigenvalue weighted by atomic mass is 10.2. The molecule has 0 aliphatic heterocycles. The second-order valence-corrected chi connectivity index (χ2v) is 6.42. The van der Waals surface area contributed by atoms with Crippen molar-refractivity contribution in [3.05, 3.63) is 35.5 Å². The van der Waals surface area contributed by atoms with E-state index in [1.165, 1.54) is 11.7 Å². The number of methoxy groups -OCH3 is 1. The predicted molar refractivity (Wildman–Crippen MR) is 87.5 cm³/mol. The van der Waals surface area contributed by atoms with E-state index in [2.05, 4.69) is 15.9 Å². The number of hydrogen-bond acceptors (Lipinski definition) is 4. The number of nitrogens with zero attached hydrogens (tertiary/aromatic N) is 1. The summed E-state index contributed by atoms with van der Waals surface area (Å²) in [6.45, 7) is 5.33. The van der Waals surface area contributed by atoms with E-state index in [1.54, 1.807) is 32.9 Å². The molecule has 6 heteroatoms. The molecule has 22 heavy (non-hydrogen) atoms. The summed E-state index contributed by atoms with van der Waals surface area (Å²) in [7, 11) is 1.28. The van der Waals surface area contributed by atoms with Crippen LogP contribution in [0.15, 0.2) is 24.3 Å². The van der Waals surface area contributed by atoms with Crippen LogP contribution in [0, 0.1) is 0 Å². The van der Waals surface area contributed by atoms with Crippen LogP contribution >= 0.6 is 15.9 Å². The maximum atomic E-state index is 12.5. The van der Waals surface area contributed by atoms with Gasteiger partial charge in [0.05, 0.1) is 12.6 Å². The average molecular weight is 368 g/mol. The Bertz CT molecular complexity index is 728. The van der Waals surface area contributed by atoms with E-state index >= 15 is 0 Å². The fourth-order valence-electron chi connectivity index (χ4n) is 2.11. The van der Waals surface area contributed by atoms with Crippen LogP contribution in [0.25, 0.3) is 10.9 Å². The molecule has 1 aromatic heterocycles. The largest absolute Gasteiger partial charge is 0.464 e. The van der Waals surface area contributed by atoms with Gasteiger partial charge in [-0.25, -0.2) is 14.2 Å². The maximum Gasteiger partial charge on any atom is 0.419 e. The Kier molecular flexibility index (Phi) is 4.60. The third-order valence-electron chi connectivity index (χ3n) is 2.99. The number of esters is 1. The molecule has 0 unspecified atom stereocenters. The van der Waals surface area contributed by atoms with Gasteiger partial charge in [-0.15, -0.1) is 0 Å². The van der Waals surface area contributed by atoms with Gasteiger partial charge in [0.25, 0.3) is 0 Å². The Balaban J connectivity index is 2.62. The number of ether oxygens (including phenoxy) is 2. The average Bonchev–Trinajstić information content (AvgIpc) is 2.82. The van der Waals surface area contributed by atoms with Gasteiger partial charge in [-0.2, -0.15) is 0 Å². The van der Waals surface area contributed by atoms with Crippen molar-refractivity contribution in [3.63, 3.8) is 0 Å². The number of alkyl halides is 1. The van der Waals surface area contributed by atoms with E-state index in [4.69, 9.17) is 9.47 Å². The highest BCUT2D eigenvalue weighted by atomic mass is 79.9. The van der Waals surface area contributed by atoms with Crippen LogP contribution in [0.4, 0.5) is 4.79 Å². The molecular formula is C16H18BrNO4. The van der Waals surface area contributed by atoms with E-state index in [0.717, 1.165) is 10.9 Å². The molecule has 1 heterocycles. The number of carbonyl (C=O) groups is 2. The summed E-state index contributed by atoms with van der Waals surface area (Å²) in [5.41, 5.74) is 1.15. The first kappa shape index (κ1) is 16.5. The number of hydrogen-bond donors (Lipinski definition) is 0. The van der Waals surface area contributed by atoms with Gasteiger partial charge in [-0.05, 0) is 44.5 Å². The zero-order valence-electron chi connectivity index (χ0n) is 13.0. The van der Waals surface area contributed by atoms with E-state index < -0.39 is 17.7 Å². The maximum absolute atomic E-state index is 12.5. The van der Waals surface area contributed by atoms with Crippen molar-refractivity contribution >= 4 is 38.9 Å². The highest BCUT2D eigenvalue weighted by Crippen LogP contribution is 2.24. The van der Waals surface area contributed by atoms with Crippen molar-refractivity contribution in [1.29, 1.82) is 0 Å². The second-order valence-electron chi connectivity index (χ2n) is 5.86. The van der Waals surface area contributed by atoms with Crippen molar-refractivity contribution in [2.45, 2.75) is 31.7 Å².